The summed E-state index contributed by atoms with van der Waals surface area (Å²) in [6, 6.07) is 12.9. The first-order valence-corrected chi connectivity index (χ1v) is 9.28. The van der Waals surface area contributed by atoms with Gasteiger partial charge < -0.3 is 5.32 Å². The Morgan fingerprint density at radius 3 is 2.00 bits per heavy atom. The molecule has 0 spiro atoms. The summed E-state index contributed by atoms with van der Waals surface area (Å²) in [6.45, 7) is 2.18. The Bertz CT molecular complexity index is 572. The smallest absolute Gasteiger partial charge is 0.0631 e. The fraction of sp³-hybridized carbons (Fsp3) is 0.200. The summed E-state index contributed by atoms with van der Waals surface area (Å²) in [5.41, 5.74) is 2.40. The third-order valence-corrected chi connectivity index (χ3v) is 5.09. The standard InChI is InChI=1S/C15H13Br4N/c1-9(6-10-2-4-11(16)5-3-10)20-15-13(18)7-12(17)8-14(15)19/h2-5,7-9,20H,6H2,1H3. The number of nitrogens with one attached hydrogen (secondary N) is 1. The molecular weight excluding hydrogens is 514 g/mol. The molecule has 106 valence electrons. The highest BCUT2D eigenvalue weighted by molar-refractivity contribution is 9.11. The van der Waals surface area contributed by atoms with Crippen molar-refractivity contribution >= 4 is 69.4 Å². The molecule has 2 rings (SSSR count). The third-order valence-electron chi connectivity index (χ3n) is 2.85. The van der Waals surface area contributed by atoms with Crippen LogP contribution in [0.3, 0.4) is 0 Å². The lowest BCUT2D eigenvalue weighted by Gasteiger charge is -2.18. The van der Waals surface area contributed by atoms with Crippen molar-refractivity contribution in [3.8, 4) is 0 Å². The van der Waals surface area contributed by atoms with Crippen LogP contribution >= 0.6 is 63.7 Å². The maximum atomic E-state index is 3.59. The molecule has 1 atom stereocenters. The van der Waals surface area contributed by atoms with Crippen molar-refractivity contribution in [2.24, 2.45) is 0 Å². The molecule has 0 aliphatic carbocycles. The second-order valence-electron chi connectivity index (χ2n) is 4.62. The Kier molecular flexibility index (Phi) is 6.14. The maximum Gasteiger partial charge on any atom is 0.0631 e. The summed E-state index contributed by atoms with van der Waals surface area (Å²) in [6.07, 6.45) is 0.974. The highest BCUT2D eigenvalue weighted by atomic mass is 79.9. The molecule has 0 heterocycles. The molecule has 2 aromatic carbocycles. The second kappa shape index (κ2) is 7.43. The minimum absolute atomic E-state index is 0.338. The van der Waals surface area contributed by atoms with Gasteiger partial charge >= 0.3 is 0 Å². The van der Waals surface area contributed by atoms with E-state index in [1.165, 1.54) is 5.56 Å². The van der Waals surface area contributed by atoms with Crippen LogP contribution in [0.2, 0.25) is 0 Å². The lowest BCUT2D eigenvalue weighted by Crippen LogP contribution is -2.18. The summed E-state index contributed by atoms with van der Waals surface area (Å²) in [4.78, 5) is 0. The summed E-state index contributed by atoms with van der Waals surface area (Å²) >= 11 is 14.1. The number of hydrogen-bond acceptors (Lipinski definition) is 1. The Morgan fingerprint density at radius 1 is 0.900 bits per heavy atom. The van der Waals surface area contributed by atoms with E-state index in [1.54, 1.807) is 0 Å². The van der Waals surface area contributed by atoms with Crippen LogP contribution in [0.15, 0.2) is 54.3 Å². The topological polar surface area (TPSA) is 12.0 Å². The highest BCUT2D eigenvalue weighted by Gasteiger charge is 2.10. The molecule has 0 bridgehead atoms. The Hall–Kier alpha value is 0.160. The van der Waals surface area contributed by atoms with Crippen LogP contribution in [0.25, 0.3) is 0 Å². The molecule has 0 saturated carbocycles. The molecule has 0 fully saturated rings. The first-order chi connectivity index (χ1) is 9.45. The van der Waals surface area contributed by atoms with E-state index in [2.05, 4.69) is 100 Å². The average molecular weight is 527 g/mol. The summed E-state index contributed by atoms with van der Waals surface area (Å²) < 4.78 is 4.24. The molecule has 5 heteroatoms. The van der Waals surface area contributed by atoms with E-state index in [0.29, 0.717) is 6.04 Å². The first kappa shape index (κ1) is 16.5. The maximum absolute atomic E-state index is 3.59. The zero-order valence-electron chi connectivity index (χ0n) is 10.8. The fourth-order valence-electron chi connectivity index (χ4n) is 1.95. The van der Waals surface area contributed by atoms with Crippen molar-refractivity contribution in [1.82, 2.24) is 0 Å². The van der Waals surface area contributed by atoms with Gasteiger partial charge in [-0.15, -0.1) is 0 Å². The molecule has 0 aromatic heterocycles. The monoisotopic (exact) mass is 523 g/mol. The second-order valence-corrected chi connectivity index (χ2v) is 8.16. The van der Waals surface area contributed by atoms with Crippen molar-refractivity contribution in [3.05, 3.63) is 59.9 Å². The summed E-state index contributed by atoms with van der Waals surface area (Å²) in [5.74, 6) is 0. The van der Waals surface area contributed by atoms with Crippen LogP contribution in [-0.2, 0) is 6.42 Å². The molecule has 1 N–H and O–H groups in total. The van der Waals surface area contributed by atoms with E-state index < -0.39 is 0 Å². The predicted octanol–water partition coefficient (Wildman–Crippen LogP) is 6.78. The number of rotatable bonds is 4. The van der Waals surface area contributed by atoms with E-state index in [-0.39, 0.29) is 0 Å². The quantitative estimate of drug-likeness (QED) is 0.463. The molecule has 1 nitrogen and oxygen atoms in total. The lowest BCUT2D eigenvalue weighted by molar-refractivity contribution is 0.788. The summed E-state index contributed by atoms with van der Waals surface area (Å²) in [7, 11) is 0. The van der Waals surface area contributed by atoms with Gasteiger partial charge in [-0.3, -0.25) is 0 Å². The molecule has 1 unspecified atom stereocenters. The van der Waals surface area contributed by atoms with Gasteiger partial charge in [0.2, 0.25) is 0 Å². The van der Waals surface area contributed by atoms with Gasteiger partial charge in [-0.05, 0) is 75.0 Å². The van der Waals surface area contributed by atoms with E-state index >= 15 is 0 Å². The van der Waals surface area contributed by atoms with E-state index in [9.17, 15) is 0 Å². The number of anilines is 1. The van der Waals surface area contributed by atoms with Crippen LogP contribution in [0, 0.1) is 0 Å². The summed E-state index contributed by atoms with van der Waals surface area (Å²) in [5, 5.41) is 3.54. The van der Waals surface area contributed by atoms with Gasteiger partial charge in [0.05, 0.1) is 5.69 Å². The normalized spacial score (nSPS) is 12.2. The van der Waals surface area contributed by atoms with Crippen molar-refractivity contribution in [2.45, 2.75) is 19.4 Å². The van der Waals surface area contributed by atoms with Crippen LogP contribution in [0.4, 0.5) is 5.69 Å². The molecule has 0 saturated heterocycles. The molecule has 2 aromatic rings. The van der Waals surface area contributed by atoms with Gasteiger partial charge in [0.15, 0.2) is 0 Å². The third kappa shape index (κ3) is 4.58. The molecular formula is C15H13Br4N. The fourth-order valence-corrected chi connectivity index (χ4v) is 4.70. The largest absolute Gasteiger partial charge is 0.380 e. The van der Waals surface area contributed by atoms with Gasteiger partial charge in [0.25, 0.3) is 0 Å². The molecule has 0 aliphatic heterocycles. The molecule has 0 radical (unpaired) electrons. The van der Waals surface area contributed by atoms with Gasteiger partial charge in [0, 0.05) is 23.9 Å². The number of benzene rings is 2. The van der Waals surface area contributed by atoms with Crippen LogP contribution in [0.5, 0.6) is 0 Å². The van der Waals surface area contributed by atoms with Crippen LogP contribution < -0.4 is 5.32 Å². The SMILES string of the molecule is CC(Cc1ccc(Br)cc1)Nc1c(Br)cc(Br)cc1Br. The van der Waals surface area contributed by atoms with Crippen molar-refractivity contribution in [3.63, 3.8) is 0 Å². The van der Waals surface area contributed by atoms with Crippen LogP contribution in [0.1, 0.15) is 12.5 Å². The van der Waals surface area contributed by atoms with Crippen molar-refractivity contribution in [1.29, 1.82) is 0 Å². The zero-order chi connectivity index (χ0) is 14.7. The average Bonchev–Trinajstić information content (AvgIpc) is 2.36. The Labute approximate surface area is 153 Å². The van der Waals surface area contributed by atoms with Gasteiger partial charge in [-0.1, -0.05) is 44.0 Å². The first-order valence-electron chi connectivity index (χ1n) is 6.11. The van der Waals surface area contributed by atoms with Crippen LogP contribution in [-0.4, -0.2) is 6.04 Å². The van der Waals surface area contributed by atoms with Gasteiger partial charge in [-0.2, -0.15) is 0 Å². The Morgan fingerprint density at radius 2 is 1.45 bits per heavy atom. The van der Waals surface area contributed by atoms with Gasteiger partial charge in [0.1, 0.15) is 0 Å². The lowest BCUT2D eigenvalue weighted by atomic mass is 10.1. The van der Waals surface area contributed by atoms with Crippen molar-refractivity contribution < 1.29 is 0 Å². The minimum Gasteiger partial charge on any atom is -0.380 e. The van der Waals surface area contributed by atoms with E-state index in [4.69, 9.17) is 0 Å². The number of hydrogen-bond donors (Lipinski definition) is 1. The van der Waals surface area contributed by atoms with E-state index in [1.807, 2.05) is 12.1 Å². The van der Waals surface area contributed by atoms with Crippen molar-refractivity contribution in [2.75, 3.05) is 5.32 Å². The van der Waals surface area contributed by atoms with Gasteiger partial charge in [-0.25, -0.2) is 0 Å². The molecule has 0 aliphatic rings. The molecule has 20 heavy (non-hydrogen) atoms. The highest BCUT2D eigenvalue weighted by Crippen LogP contribution is 2.35. The predicted molar refractivity (Wildman–Crippen MR) is 100 cm³/mol. The number of halogens is 4. The minimum atomic E-state index is 0.338. The van der Waals surface area contributed by atoms with E-state index in [0.717, 1.165) is 30.0 Å². The Balaban J connectivity index is 2.08. The molecule has 0 amide bonds. The zero-order valence-corrected chi connectivity index (χ0v) is 17.1.